The van der Waals surface area contributed by atoms with Crippen LogP contribution in [0.15, 0.2) is 18.5 Å². The second-order valence-electron chi connectivity index (χ2n) is 6.19. The summed E-state index contributed by atoms with van der Waals surface area (Å²) in [6.07, 6.45) is 5.67. The molecule has 0 bridgehead atoms. The molecule has 0 atom stereocenters. The second-order valence-corrected chi connectivity index (χ2v) is 8.42. The zero-order valence-corrected chi connectivity index (χ0v) is 13.9. The lowest BCUT2D eigenvalue weighted by molar-refractivity contribution is 0.310. The van der Waals surface area contributed by atoms with E-state index in [1.165, 1.54) is 0 Å². The third-order valence-corrected chi connectivity index (χ3v) is 6.31. The quantitative estimate of drug-likeness (QED) is 0.846. The molecule has 0 spiro atoms. The van der Waals surface area contributed by atoms with Gasteiger partial charge in [-0.3, -0.25) is 0 Å². The Hall–Kier alpha value is -2.07. The van der Waals surface area contributed by atoms with Gasteiger partial charge in [0.25, 0.3) is 0 Å². The molecule has 0 amide bonds. The molecule has 3 rings (SSSR count). The van der Waals surface area contributed by atoms with Crippen LogP contribution in [-0.2, 0) is 9.84 Å². The molecule has 2 heterocycles. The van der Waals surface area contributed by atoms with Crippen LogP contribution in [-0.4, -0.2) is 35.9 Å². The molecule has 1 aliphatic carbocycles. The number of anilines is 1. The van der Waals surface area contributed by atoms with E-state index in [1.807, 2.05) is 13.0 Å². The predicted molar refractivity (Wildman–Crippen MR) is 89.9 cm³/mol. The zero-order valence-electron chi connectivity index (χ0n) is 13.0. The molecule has 0 radical (unpaired) electrons. The largest absolute Gasteiger partial charge is 0.381 e. The Bertz CT molecular complexity index is 845. The number of aromatic nitrogens is 2. The number of H-pyrrole nitrogens is 1. The number of aromatic amines is 1. The number of rotatable bonds is 6. The standard InChI is InChI=1S/C16H20N4O2S/c1-2-5-23(21,22)10-11-6-13(7-11)20-15-12(8-17)9-19-16-14(15)3-4-18-16/h3-4,9,11,13H,2,5-7,10H2,1H3,(H2,18,19,20). The minimum absolute atomic E-state index is 0.212. The fraction of sp³-hybridized carbons (Fsp3) is 0.500. The lowest BCUT2D eigenvalue weighted by Gasteiger charge is -2.36. The average Bonchev–Trinajstić information content (AvgIpc) is 2.93. The van der Waals surface area contributed by atoms with Gasteiger partial charge in [0, 0.05) is 29.6 Å². The van der Waals surface area contributed by atoms with Gasteiger partial charge >= 0.3 is 0 Å². The molecule has 6 nitrogen and oxygen atoms in total. The van der Waals surface area contributed by atoms with Crippen LogP contribution in [0.25, 0.3) is 11.0 Å². The summed E-state index contributed by atoms with van der Waals surface area (Å²) >= 11 is 0. The number of nitriles is 1. The van der Waals surface area contributed by atoms with Crippen LogP contribution in [0, 0.1) is 17.2 Å². The van der Waals surface area contributed by atoms with Crippen molar-refractivity contribution in [3.05, 3.63) is 24.0 Å². The third kappa shape index (κ3) is 3.32. The van der Waals surface area contributed by atoms with Crippen molar-refractivity contribution in [2.45, 2.75) is 32.2 Å². The van der Waals surface area contributed by atoms with Crippen LogP contribution in [0.1, 0.15) is 31.7 Å². The smallest absolute Gasteiger partial charge is 0.150 e. The summed E-state index contributed by atoms with van der Waals surface area (Å²) in [5, 5.41) is 13.6. The summed E-state index contributed by atoms with van der Waals surface area (Å²) in [4.78, 5) is 7.24. The number of fused-ring (bicyclic) bond motifs is 1. The van der Waals surface area contributed by atoms with Gasteiger partial charge in [0.1, 0.15) is 11.7 Å². The van der Waals surface area contributed by atoms with Gasteiger partial charge in [-0.2, -0.15) is 5.26 Å². The van der Waals surface area contributed by atoms with E-state index < -0.39 is 9.84 Å². The Balaban J connectivity index is 1.67. The average molecular weight is 332 g/mol. The van der Waals surface area contributed by atoms with Gasteiger partial charge in [-0.05, 0) is 31.2 Å². The summed E-state index contributed by atoms with van der Waals surface area (Å²) < 4.78 is 23.7. The Kier molecular flexibility index (Phi) is 4.26. The summed E-state index contributed by atoms with van der Waals surface area (Å²) in [5.74, 6) is 0.771. The van der Waals surface area contributed by atoms with Gasteiger partial charge in [0.15, 0.2) is 9.84 Å². The van der Waals surface area contributed by atoms with Crippen molar-refractivity contribution in [3.8, 4) is 6.07 Å². The van der Waals surface area contributed by atoms with E-state index in [0.717, 1.165) is 29.6 Å². The molecule has 2 aromatic rings. The number of hydrogen-bond acceptors (Lipinski definition) is 5. The van der Waals surface area contributed by atoms with Crippen molar-refractivity contribution < 1.29 is 8.42 Å². The molecule has 2 aromatic heterocycles. The molecular weight excluding hydrogens is 312 g/mol. The third-order valence-electron chi connectivity index (χ3n) is 4.30. The highest BCUT2D eigenvalue weighted by atomic mass is 32.2. The van der Waals surface area contributed by atoms with E-state index in [1.54, 1.807) is 12.4 Å². The Morgan fingerprint density at radius 3 is 2.96 bits per heavy atom. The summed E-state index contributed by atoms with van der Waals surface area (Å²) in [6.45, 7) is 1.89. The molecule has 7 heteroatoms. The molecule has 122 valence electrons. The molecule has 2 N–H and O–H groups in total. The first-order valence-electron chi connectivity index (χ1n) is 7.85. The van der Waals surface area contributed by atoms with E-state index in [9.17, 15) is 13.7 Å². The monoisotopic (exact) mass is 332 g/mol. The molecule has 23 heavy (non-hydrogen) atoms. The molecule has 0 saturated heterocycles. The van der Waals surface area contributed by atoms with Crippen LogP contribution in [0.5, 0.6) is 0 Å². The molecule has 1 saturated carbocycles. The molecule has 0 unspecified atom stereocenters. The number of nitrogens with zero attached hydrogens (tertiary/aromatic N) is 2. The predicted octanol–water partition coefficient (Wildman–Crippen LogP) is 2.45. The molecule has 1 fully saturated rings. The Morgan fingerprint density at radius 1 is 1.48 bits per heavy atom. The Labute approximate surface area is 135 Å². The van der Waals surface area contributed by atoms with Crippen LogP contribution in [0.4, 0.5) is 5.69 Å². The van der Waals surface area contributed by atoms with Crippen LogP contribution >= 0.6 is 0 Å². The van der Waals surface area contributed by atoms with E-state index >= 15 is 0 Å². The van der Waals surface area contributed by atoms with Crippen LogP contribution in [0.2, 0.25) is 0 Å². The topological polar surface area (TPSA) is 98.6 Å². The number of sulfone groups is 1. The number of nitrogens with one attached hydrogen (secondary N) is 2. The summed E-state index contributed by atoms with van der Waals surface area (Å²) in [5.41, 5.74) is 2.05. The summed E-state index contributed by atoms with van der Waals surface area (Å²) in [7, 11) is -2.92. The lowest BCUT2D eigenvalue weighted by Crippen LogP contribution is -2.39. The first-order chi connectivity index (χ1) is 11.0. The van der Waals surface area contributed by atoms with E-state index in [-0.39, 0.29) is 23.5 Å². The van der Waals surface area contributed by atoms with Crippen LogP contribution < -0.4 is 5.32 Å². The lowest BCUT2D eigenvalue weighted by atomic mass is 9.81. The van der Waals surface area contributed by atoms with Gasteiger partial charge in [-0.1, -0.05) is 6.92 Å². The zero-order chi connectivity index (χ0) is 16.4. The van der Waals surface area contributed by atoms with Gasteiger partial charge in [0.05, 0.1) is 17.0 Å². The maximum absolute atomic E-state index is 11.9. The first kappa shape index (κ1) is 15.8. The number of hydrogen-bond donors (Lipinski definition) is 2. The maximum Gasteiger partial charge on any atom is 0.150 e. The fourth-order valence-corrected chi connectivity index (χ4v) is 4.97. The second kappa shape index (κ2) is 6.20. The van der Waals surface area contributed by atoms with Crippen molar-refractivity contribution in [2.75, 3.05) is 16.8 Å². The molecule has 1 aliphatic rings. The van der Waals surface area contributed by atoms with Crippen molar-refractivity contribution in [2.24, 2.45) is 5.92 Å². The first-order valence-corrected chi connectivity index (χ1v) is 9.67. The van der Waals surface area contributed by atoms with Crippen molar-refractivity contribution in [3.63, 3.8) is 0 Å². The summed E-state index contributed by atoms with van der Waals surface area (Å²) in [6, 6.07) is 4.27. The number of pyridine rings is 1. The van der Waals surface area contributed by atoms with Crippen molar-refractivity contribution >= 4 is 26.6 Å². The highest BCUT2D eigenvalue weighted by Gasteiger charge is 2.33. The van der Waals surface area contributed by atoms with E-state index in [0.29, 0.717) is 12.0 Å². The van der Waals surface area contributed by atoms with Gasteiger partial charge in [0.2, 0.25) is 0 Å². The Morgan fingerprint density at radius 2 is 2.26 bits per heavy atom. The molecular formula is C16H20N4O2S. The van der Waals surface area contributed by atoms with Gasteiger partial charge in [-0.15, -0.1) is 0 Å². The van der Waals surface area contributed by atoms with Crippen molar-refractivity contribution in [1.82, 2.24) is 9.97 Å². The fourth-order valence-electron chi connectivity index (χ4n) is 3.20. The van der Waals surface area contributed by atoms with Gasteiger partial charge in [-0.25, -0.2) is 13.4 Å². The normalized spacial score (nSPS) is 20.9. The maximum atomic E-state index is 11.9. The molecule has 0 aromatic carbocycles. The van der Waals surface area contributed by atoms with Crippen LogP contribution in [0.3, 0.4) is 0 Å². The van der Waals surface area contributed by atoms with E-state index in [4.69, 9.17) is 0 Å². The van der Waals surface area contributed by atoms with Gasteiger partial charge < -0.3 is 10.3 Å². The minimum Gasteiger partial charge on any atom is -0.381 e. The minimum atomic E-state index is -2.92. The SMILES string of the molecule is CCCS(=O)(=O)CC1CC(Nc2c(C#N)cnc3[nH]ccc23)C1. The highest BCUT2D eigenvalue weighted by Crippen LogP contribution is 2.34. The van der Waals surface area contributed by atoms with E-state index in [2.05, 4.69) is 21.4 Å². The van der Waals surface area contributed by atoms with Crippen molar-refractivity contribution in [1.29, 1.82) is 5.26 Å². The highest BCUT2D eigenvalue weighted by molar-refractivity contribution is 7.91. The molecule has 0 aliphatic heterocycles.